The van der Waals surface area contributed by atoms with E-state index in [1.165, 1.54) is 0 Å². The first-order valence-corrected chi connectivity index (χ1v) is 11.9. The molecule has 2 aliphatic carbocycles. The minimum atomic E-state index is -3.30. The van der Waals surface area contributed by atoms with Crippen LogP contribution < -0.4 is 14.8 Å². The molecule has 1 heterocycles. The minimum absolute atomic E-state index is 0.132. The van der Waals surface area contributed by atoms with Gasteiger partial charge in [-0.1, -0.05) is 19.3 Å². The van der Waals surface area contributed by atoms with Crippen molar-refractivity contribution in [1.29, 1.82) is 0 Å². The molecule has 8 heteroatoms. The zero-order valence-corrected chi connectivity index (χ0v) is 18.0. The number of hydrogen-bond donors (Lipinski definition) is 1. The van der Waals surface area contributed by atoms with Crippen molar-refractivity contribution in [2.45, 2.75) is 50.2 Å². The summed E-state index contributed by atoms with van der Waals surface area (Å²) in [5.41, 5.74) is 0.280. The van der Waals surface area contributed by atoms with Gasteiger partial charge in [0.2, 0.25) is 15.9 Å². The van der Waals surface area contributed by atoms with Crippen molar-refractivity contribution in [2.24, 2.45) is 11.3 Å². The van der Waals surface area contributed by atoms with Gasteiger partial charge in [-0.15, -0.1) is 0 Å². The molecule has 1 aromatic rings. The van der Waals surface area contributed by atoms with Gasteiger partial charge in [0.25, 0.3) is 0 Å². The quantitative estimate of drug-likeness (QED) is 0.762. The number of carbonyl (C=O) groups excluding carboxylic acids is 1. The Labute approximate surface area is 172 Å². The Kier molecular flexibility index (Phi) is 5.50. The zero-order chi connectivity index (χ0) is 20.6. The Bertz CT molecular complexity index is 875. The first-order valence-electron chi connectivity index (χ1n) is 10.4. The molecule has 1 unspecified atom stereocenters. The second-order valence-electron chi connectivity index (χ2n) is 8.57. The summed E-state index contributed by atoms with van der Waals surface area (Å²) in [6, 6.07) is 5.26. The van der Waals surface area contributed by atoms with Gasteiger partial charge in [-0.3, -0.25) is 4.79 Å². The van der Waals surface area contributed by atoms with Gasteiger partial charge in [0.1, 0.15) is 11.5 Å². The van der Waals surface area contributed by atoms with Crippen LogP contribution in [0.3, 0.4) is 0 Å². The average Bonchev–Trinajstić information content (AvgIpc) is 3.52. The van der Waals surface area contributed by atoms with E-state index in [-0.39, 0.29) is 29.0 Å². The molecule has 1 atom stereocenters. The lowest BCUT2D eigenvalue weighted by Gasteiger charge is -2.37. The van der Waals surface area contributed by atoms with Crippen LogP contribution in [0.1, 0.15) is 44.9 Å². The van der Waals surface area contributed by atoms with E-state index in [1.54, 1.807) is 36.7 Å². The van der Waals surface area contributed by atoms with Gasteiger partial charge in [-0.25, -0.2) is 12.7 Å². The lowest BCUT2D eigenvalue weighted by atomic mass is 9.67. The van der Waals surface area contributed by atoms with Crippen molar-refractivity contribution in [3.8, 4) is 11.5 Å². The molecule has 1 aromatic carbocycles. The molecule has 0 radical (unpaired) electrons. The standard InChI is InChI=1S/C21H30N2O5S/c1-27-15-6-9-19(28-2)18(12-15)22-20(24)17-13-23(29(25,26)16-7-8-16)14-21(17)10-4-3-5-11-21/h6,9,12,16-17H,3-5,7-8,10-11,13-14H2,1-2H3,(H,22,24). The van der Waals surface area contributed by atoms with E-state index in [2.05, 4.69) is 5.32 Å². The molecule has 4 rings (SSSR count). The van der Waals surface area contributed by atoms with Gasteiger partial charge in [-0.2, -0.15) is 0 Å². The van der Waals surface area contributed by atoms with Crippen LogP contribution in [0.4, 0.5) is 5.69 Å². The van der Waals surface area contributed by atoms with Crippen LogP contribution in [-0.4, -0.2) is 51.2 Å². The van der Waals surface area contributed by atoms with Crippen LogP contribution in [0.15, 0.2) is 18.2 Å². The molecular weight excluding hydrogens is 392 g/mol. The van der Waals surface area contributed by atoms with Gasteiger partial charge in [-0.05, 0) is 43.2 Å². The Hall–Kier alpha value is -1.80. The highest BCUT2D eigenvalue weighted by Crippen LogP contribution is 2.50. The average molecular weight is 423 g/mol. The van der Waals surface area contributed by atoms with Gasteiger partial charge < -0.3 is 14.8 Å². The van der Waals surface area contributed by atoms with E-state index in [4.69, 9.17) is 9.47 Å². The fraction of sp³-hybridized carbons (Fsp3) is 0.667. The lowest BCUT2D eigenvalue weighted by molar-refractivity contribution is -0.123. The van der Waals surface area contributed by atoms with E-state index >= 15 is 0 Å². The van der Waals surface area contributed by atoms with Crippen LogP contribution in [-0.2, 0) is 14.8 Å². The summed E-state index contributed by atoms with van der Waals surface area (Å²) in [5, 5.41) is 2.75. The largest absolute Gasteiger partial charge is 0.497 e. The highest BCUT2D eigenvalue weighted by molar-refractivity contribution is 7.90. The number of sulfonamides is 1. The molecule has 1 amide bonds. The van der Waals surface area contributed by atoms with E-state index in [0.29, 0.717) is 23.7 Å². The van der Waals surface area contributed by atoms with Gasteiger partial charge in [0.05, 0.1) is 31.1 Å². The predicted octanol–water partition coefficient (Wildman–Crippen LogP) is 3.02. The molecule has 0 bridgehead atoms. The Balaban J connectivity index is 1.60. The van der Waals surface area contributed by atoms with Gasteiger partial charge in [0.15, 0.2) is 0 Å². The number of ether oxygens (including phenoxy) is 2. The third kappa shape index (κ3) is 3.84. The number of hydrogen-bond acceptors (Lipinski definition) is 5. The summed E-state index contributed by atoms with van der Waals surface area (Å²) < 4.78 is 38.0. The number of carbonyl (C=O) groups is 1. The monoisotopic (exact) mass is 422 g/mol. The van der Waals surface area contributed by atoms with Gasteiger partial charge >= 0.3 is 0 Å². The molecule has 29 heavy (non-hydrogen) atoms. The lowest BCUT2D eigenvalue weighted by Crippen LogP contribution is -2.39. The van der Waals surface area contributed by atoms with E-state index in [9.17, 15) is 13.2 Å². The molecule has 1 spiro atoms. The normalized spacial score (nSPS) is 24.4. The molecular formula is C21H30N2O5S. The summed E-state index contributed by atoms with van der Waals surface area (Å²) in [7, 11) is -0.168. The smallest absolute Gasteiger partial charge is 0.229 e. The van der Waals surface area contributed by atoms with E-state index in [0.717, 1.165) is 44.9 Å². The van der Waals surface area contributed by atoms with Gasteiger partial charge in [0, 0.05) is 19.2 Å². The maximum Gasteiger partial charge on any atom is 0.229 e. The summed E-state index contributed by atoms with van der Waals surface area (Å²) in [6.07, 6.45) is 6.52. The molecule has 0 aromatic heterocycles. The number of benzene rings is 1. The maximum absolute atomic E-state index is 13.4. The van der Waals surface area contributed by atoms with Crippen LogP contribution in [0.2, 0.25) is 0 Å². The molecule has 160 valence electrons. The van der Waals surface area contributed by atoms with Crippen molar-refractivity contribution in [1.82, 2.24) is 4.31 Å². The highest BCUT2D eigenvalue weighted by Gasteiger charge is 2.55. The topological polar surface area (TPSA) is 84.9 Å². The third-order valence-electron chi connectivity index (χ3n) is 6.75. The first-order chi connectivity index (χ1) is 13.9. The molecule has 3 aliphatic rings. The van der Waals surface area contributed by atoms with E-state index < -0.39 is 10.0 Å². The first kappa shape index (κ1) is 20.5. The number of rotatable bonds is 6. The molecule has 1 aliphatic heterocycles. The number of nitrogens with zero attached hydrogens (tertiary/aromatic N) is 1. The fourth-order valence-corrected chi connectivity index (χ4v) is 6.90. The Morgan fingerprint density at radius 2 is 1.86 bits per heavy atom. The number of methoxy groups -OCH3 is 2. The fourth-order valence-electron chi connectivity index (χ4n) is 4.95. The third-order valence-corrected chi connectivity index (χ3v) is 9.06. The number of nitrogens with one attached hydrogen (secondary N) is 1. The maximum atomic E-state index is 13.4. The van der Waals surface area contributed by atoms with Crippen LogP contribution in [0, 0.1) is 11.3 Å². The van der Waals surface area contributed by atoms with E-state index in [1.807, 2.05) is 0 Å². The number of amides is 1. The summed E-state index contributed by atoms with van der Waals surface area (Å²) in [5.74, 6) is 0.689. The minimum Gasteiger partial charge on any atom is -0.497 e. The molecule has 3 fully saturated rings. The zero-order valence-electron chi connectivity index (χ0n) is 17.1. The highest BCUT2D eigenvalue weighted by atomic mass is 32.2. The SMILES string of the molecule is COc1ccc(OC)c(NC(=O)C2CN(S(=O)(=O)C3CC3)CC23CCCCC3)c1. The summed E-state index contributed by atoms with van der Waals surface area (Å²) in [4.78, 5) is 13.4. The Morgan fingerprint density at radius 3 is 2.48 bits per heavy atom. The molecule has 7 nitrogen and oxygen atoms in total. The predicted molar refractivity (Wildman–Crippen MR) is 111 cm³/mol. The molecule has 2 saturated carbocycles. The van der Waals surface area contributed by atoms with Crippen molar-refractivity contribution < 1.29 is 22.7 Å². The van der Waals surface area contributed by atoms with Crippen LogP contribution in [0.25, 0.3) is 0 Å². The van der Waals surface area contributed by atoms with Crippen molar-refractivity contribution in [3.63, 3.8) is 0 Å². The number of anilines is 1. The van der Waals surface area contributed by atoms with Crippen LogP contribution >= 0.6 is 0 Å². The van der Waals surface area contributed by atoms with Crippen molar-refractivity contribution in [2.75, 3.05) is 32.6 Å². The molecule has 1 N–H and O–H groups in total. The van der Waals surface area contributed by atoms with Crippen LogP contribution in [0.5, 0.6) is 11.5 Å². The second-order valence-corrected chi connectivity index (χ2v) is 10.8. The summed E-state index contributed by atoms with van der Waals surface area (Å²) >= 11 is 0. The summed E-state index contributed by atoms with van der Waals surface area (Å²) in [6.45, 7) is 0.746. The van der Waals surface area contributed by atoms with Crippen molar-refractivity contribution in [3.05, 3.63) is 18.2 Å². The molecule has 1 saturated heterocycles. The Morgan fingerprint density at radius 1 is 1.14 bits per heavy atom. The second kappa shape index (κ2) is 7.80. The van der Waals surface area contributed by atoms with Crippen molar-refractivity contribution >= 4 is 21.6 Å².